The van der Waals surface area contributed by atoms with E-state index in [1.54, 1.807) is 0 Å². The first-order chi connectivity index (χ1) is 17.3. The maximum atomic E-state index is 6.10. The molecule has 1 aliphatic heterocycles. The number of hydrogen-bond donors (Lipinski definition) is 0. The lowest BCUT2D eigenvalue weighted by Gasteiger charge is -2.32. The molecule has 1 aromatic carbocycles. The van der Waals surface area contributed by atoms with Gasteiger partial charge in [0.1, 0.15) is 5.75 Å². The van der Waals surface area contributed by atoms with Crippen LogP contribution in [0.2, 0.25) is 0 Å². The zero-order chi connectivity index (χ0) is 24.6. The van der Waals surface area contributed by atoms with Gasteiger partial charge in [0.2, 0.25) is 0 Å². The van der Waals surface area contributed by atoms with Crippen LogP contribution in [0.15, 0.2) is 24.3 Å². The van der Waals surface area contributed by atoms with Crippen molar-refractivity contribution in [1.82, 2.24) is 0 Å². The van der Waals surface area contributed by atoms with Crippen molar-refractivity contribution in [2.45, 2.75) is 129 Å². The molecular weight excluding hydrogens is 432 g/mol. The molecule has 35 heavy (non-hydrogen) atoms. The highest BCUT2D eigenvalue weighted by atomic mass is 16.7. The Kier molecular flexibility index (Phi) is 14.2. The fraction of sp³-hybridized carbons (Fsp3) is 0.812. The summed E-state index contributed by atoms with van der Waals surface area (Å²) >= 11 is 0. The molecule has 2 aliphatic rings. The predicted molar refractivity (Wildman–Crippen MR) is 147 cm³/mol. The quantitative estimate of drug-likeness (QED) is 0.205. The molecule has 2 unspecified atom stereocenters. The molecule has 0 radical (unpaired) electrons. The Labute approximate surface area is 216 Å². The van der Waals surface area contributed by atoms with E-state index in [2.05, 4.69) is 38.1 Å². The molecular formula is C32H54O3. The van der Waals surface area contributed by atoms with Crippen LogP contribution in [0.3, 0.4) is 0 Å². The summed E-state index contributed by atoms with van der Waals surface area (Å²) in [5, 5.41) is 0. The summed E-state index contributed by atoms with van der Waals surface area (Å²) in [6.07, 6.45) is 23.1. The zero-order valence-electron chi connectivity index (χ0n) is 23.0. The molecule has 2 fully saturated rings. The monoisotopic (exact) mass is 486 g/mol. The smallest absolute Gasteiger partial charge is 0.183 e. The largest absolute Gasteiger partial charge is 0.494 e. The first-order valence-corrected chi connectivity index (χ1v) is 15.3. The summed E-state index contributed by atoms with van der Waals surface area (Å²) in [4.78, 5) is 0. The normalized spacial score (nSPS) is 25.0. The molecule has 3 nitrogen and oxygen atoms in total. The van der Waals surface area contributed by atoms with Crippen molar-refractivity contribution in [3.05, 3.63) is 29.8 Å². The molecule has 1 aliphatic carbocycles. The molecule has 0 aromatic heterocycles. The third-order valence-electron chi connectivity index (χ3n) is 8.32. The van der Waals surface area contributed by atoms with Crippen LogP contribution in [0.5, 0.6) is 5.75 Å². The van der Waals surface area contributed by atoms with E-state index in [1.165, 1.54) is 109 Å². The Morgan fingerprint density at radius 2 is 1.26 bits per heavy atom. The molecule has 3 rings (SSSR count). The molecule has 200 valence electrons. The third kappa shape index (κ3) is 10.8. The standard InChI is InChI=1S/C32H54O3/c1-3-5-7-9-11-16-28-17-12-13-18-29(28)19-14-24-33-31-22-20-30(21-23-31)32-34-25-27(26-35-32)15-10-8-6-4-2/h20-23,27-29,32H,3-19,24-26H2,1-2H3. The minimum absolute atomic E-state index is 0.221. The molecule has 1 saturated heterocycles. The van der Waals surface area contributed by atoms with Gasteiger partial charge in [-0.2, -0.15) is 0 Å². The van der Waals surface area contributed by atoms with Crippen molar-refractivity contribution >= 4 is 0 Å². The van der Waals surface area contributed by atoms with Crippen LogP contribution in [0.1, 0.15) is 135 Å². The Bertz CT molecular complexity index is 635. The van der Waals surface area contributed by atoms with E-state index >= 15 is 0 Å². The van der Waals surface area contributed by atoms with Gasteiger partial charge in [-0.05, 0) is 43.2 Å². The van der Waals surface area contributed by atoms with Gasteiger partial charge in [0.15, 0.2) is 6.29 Å². The SMILES string of the molecule is CCCCCCCC1CCCCC1CCCOc1ccc(C2OCC(CCCCCC)CO2)cc1. The van der Waals surface area contributed by atoms with Crippen LogP contribution in [0.25, 0.3) is 0 Å². The molecule has 2 atom stereocenters. The van der Waals surface area contributed by atoms with Crippen LogP contribution in [-0.4, -0.2) is 19.8 Å². The number of rotatable bonds is 17. The van der Waals surface area contributed by atoms with Gasteiger partial charge in [-0.1, -0.05) is 116 Å². The minimum atomic E-state index is -0.221. The second kappa shape index (κ2) is 17.4. The van der Waals surface area contributed by atoms with E-state index in [1.807, 2.05) is 0 Å². The Morgan fingerprint density at radius 1 is 0.686 bits per heavy atom. The summed E-state index contributed by atoms with van der Waals surface area (Å²) in [6.45, 7) is 7.02. The molecule has 1 heterocycles. The lowest BCUT2D eigenvalue weighted by Crippen LogP contribution is -2.27. The number of ether oxygens (including phenoxy) is 3. The van der Waals surface area contributed by atoms with Gasteiger partial charge >= 0.3 is 0 Å². The number of unbranched alkanes of at least 4 members (excludes halogenated alkanes) is 7. The molecule has 3 heteroatoms. The first kappa shape index (κ1) is 28.5. The third-order valence-corrected chi connectivity index (χ3v) is 8.32. The number of hydrogen-bond acceptors (Lipinski definition) is 3. The van der Waals surface area contributed by atoms with E-state index in [0.29, 0.717) is 5.92 Å². The summed E-state index contributed by atoms with van der Waals surface area (Å²) in [6, 6.07) is 8.38. The van der Waals surface area contributed by atoms with Gasteiger partial charge in [0.05, 0.1) is 19.8 Å². The molecule has 0 bridgehead atoms. The van der Waals surface area contributed by atoms with Gasteiger partial charge in [0, 0.05) is 11.5 Å². The van der Waals surface area contributed by atoms with Crippen LogP contribution in [0, 0.1) is 17.8 Å². The highest BCUT2D eigenvalue weighted by molar-refractivity contribution is 5.28. The van der Waals surface area contributed by atoms with Crippen LogP contribution < -0.4 is 4.74 Å². The fourth-order valence-electron chi connectivity index (χ4n) is 6.07. The summed E-state index contributed by atoms with van der Waals surface area (Å²) in [5.74, 6) is 3.41. The van der Waals surface area contributed by atoms with E-state index in [0.717, 1.165) is 43.0 Å². The molecule has 1 saturated carbocycles. The molecule has 1 aromatic rings. The summed E-state index contributed by atoms with van der Waals surface area (Å²) < 4.78 is 18.2. The lowest BCUT2D eigenvalue weighted by molar-refractivity contribution is -0.206. The van der Waals surface area contributed by atoms with Crippen molar-refractivity contribution in [3.8, 4) is 5.75 Å². The summed E-state index contributed by atoms with van der Waals surface area (Å²) in [5.41, 5.74) is 1.10. The van der Waals surface area contributed by atoms with Gasteiger partial charge in [-0.15, -0.1) is 0 Å². The molecule has 0 spiro atoms. The van der Waals surface area contributed by atoms with Crippen molar-refractivity contribution in [2.75, 3.05) is 19.8 Å². The van der Waals surface area contributed by atoms with E-state index in [9.17, 15) is 0 Å². The van der Waals surface area contributed by atoms with Crippen molar-refractivity contribution < 1.29 is 14.2 Å². The first-order valence-electron chi connectivity index (χ1n) is 15.3. The Hall–Kier alpha value is -1.06. The van der Waals surface area contributed by atoms with Crippen LogP contribution in [0.4, 0.5) is 0 Å². The van der Waals surface area contributed by atoms with Gasteiger partial charge in [-0.25, -0.2) is 0 Å². The zero-order valence-corrected chi connectivity index (χ0v) is 23.0. The highest BCUT2D eigenvalue weighted by Crippen LogP contribution is 2.36. The van der Waals surface area contributed by atoms with E-state index in [4.69, 9.17) is 14.2 Å². The van der Waals surface area contributed by atoms with Gasteiger partial charge in [0.25, 0.3) is 0 Å². The lowest BCUT2D eigenvalue weighted by atomic mass is 9.74. The average Bonchev–Trinajstić information content (AvgIpc) is 2.90. The van der Waals surface area contributed by atoms with Crippen LogP contribution >= 0.6 is 0 Å². The van der Waals surface area contributed by atoms with Gasteiger partial charge in [-0.3, -0.25) is 0 Å². The Balaban J connectivity index is 1.29. The van der Waals surface area contributed by atoms with E-state index < -0.39 is 0 Å². The fourth-order valence-corrected chi connectivity index (χ4v) is 6.07. The highest BCUT2D eigenvalue weighted by Gasteiger charge is 2.25. The van der Waals surface area contributed by atoms with E-state index in [-0.39, 0.29) is 6.29 Å². The Morgan fingerprint density at radius 3 is 1.91 bits per heavy atom. The topological polar surface area (TPSA) is 27.7 Å². The second-order valence-corrected chi connectivity index (χ2v) is 11.3. The average molecular weight is 487 g/mol. The maximum absolute atomic E-state index is 6.10. The van der Waals surface area contributed by atoms with Crippen molar-refractivity contribution in [1.29, 1.82) is 0 Å². The molecule has 0 N–H and O–H groups in total. The van der Waals surface area contributed by atoms with Crippen molar-refractivity contribution in [3.63, 3.8) is 0 Å². The second-order valence-electron chi connectivity index (χ2n) is 11.3. The molecule has 0 amide bonds. The predicted octanol–water partition coefficient (Wildman–Crippen LogP) is 9.64. The summed E-state index contributed by atoms with van der Waals surface area (Å²) in [7, 11) is 0. The number of benzene rings is 1. The minimum Gasteiger partial charge on any atom is -0.494 e. The van der Waals surface area contributed by atoms with Crippen molar-refractivity contribution in [2.24, 2.45) is 17.8 Å². The van der Waals surface area contributed by atoms with Gasteiger partial charge < -0.3 is 14.2 Å². The maximum Gasteiger partial charge on any atom is 0.183 e. The van der Waals surface area contributed by atoms with Crippen LogP contribution in [-0.2, 0) is 9.47 Å².